The van der Waals surface area contributed by atoms with Gasteiger partial charge < -0.3 is 15.7 Å². The number of carbonyl (C=O) groups is 1. The number of amidine groups is 1. The predicted molar refractivity (Wildman–Crippen MR) is 70.8 cm³/mol. The molecule has 0 amide bonds. The molecule has 9 heteroatoms. The molecule has 0 spiro atoms. The molecule has 0 aromatic heterocycles. The molecule has 0 unspecified atom stereocenters. The molecule has 0 atom stereocenters. The van der Waals surface area contributed by atoms with E-state index >= 15 is 0 Å². The highest BCUT2D eigenvalue weighted by Gasteiger charge is 2.16. The SMILES string of the molecule is CCOC(=O)CNS(=O)(=O)c1ccc(/C(N)=N/O)cc1. The molecule has 4 N–H and O–H groups in total. The Morgan fingerprint density at radius 2 is 2.00 bits per heavy atom. The van der Waals surface area contributed by atoms with Gasteiger partial charge >= 0.3 is 5.97 Å². The largest absolute Gasteiger partial charge is 0.465 e. The normalized spacial score (nSPS) is 12.2. The maximum absolute atomic E-state index is 11.9. The first-order valence-corrected chi connectivity index (χ1v) is 7.12. The number of nitrogens with two attached hydrogens (primary N) is 1. The number of esters is 1. The molecule has 0 fully saturated rings. The van der Waals surface area contributed by atoms with Crippen molar-refractivity contribution in [3.05, 3.63) is 29.8 Å². The van der Waals surface area contributed by atoms with Crippen LogP contribution in [0.2, 0.25) is 0 Å². The number of nitrogens with zero attached hydrogens (tertiary/aromatic N) is 1. The number of carbonyl (C=O) groups excluding carboxylic acids is 1. The van der Waals surface area contributed by atoms with Gasteiger partial charge in [0.05, 0.1) is 11.5 Å². The van der Waals surface area contributed by atoms with E-state index in [4.69, 9.17) is 10.9 Å². The number of sulfonamides is 1. The molecule has 0 bridgehead atoms. The molecule has 0 aliphatic rings. The summed E-state index contributed by atoms with van der Waals surface area (Å²) in [5.41, 5.74) is 5.73. The monoisotopic (exact) mass is 301 g/mol. The molecule has 110 valence electrons. The third-order valence-electron chi connectivity index (χ3n) is 2.28. The predicted octanol–water partition coefficient (Wildman–Crippen LogP) is -0.377. The highest BCUT2D eigenvalue weighted by molar-refractivity contribution is 7.89. The van der Waals surface area contributed by atoms with E-state index in [9.17, 15) is 13.2 Å². The van der Waals surface area contributed by atoms with E-state index in [0.29, 0.717) is 5.56 Å². The van der Waals surface area contributed by atoms with Gasteiger partial charge in [0.1, 0.15) is 6.54 Å². The molecular weight excluding hydrogens is 286 g/mol. The van der Waals surface area contributed by atoms with E-state index in [-0.39, 0.29) is 17.3 Å². The Bertz CT molecular complexity index is 595. The van der Waals surface area contributed by atoms with Gasteiger partial charge in [-0.2, -0.15) is 4.72 Å². The minimum atomic E-state index is -3.82. The molecule has 0 radical (unpaired) electrons. The minimum absolute atomic E-state index is 0.0451. The van der Waals surface area contributed by atoms with Crippen molar-refractivity contribution >= 4 is 21.8 Å². The van der Waals surface area contributed by atoms with Crippen molar-refractivity contribution in [1.29, 1.82) is 0 Å². The van der Waals surface area contributed by atoms with Crippen molar-refractivity contribution in [1.82, 2.24) is 4.72 Å². The molecule has 1 aromatic rings. The Labute approximate surface area is 116 Å². The third-order valence-corrected chi connectivity index (χ3v) is 3.70. The van der Waals surface area contributed by atoms with Crippen molar-refractivity contribution in [2.75, 3.05) is 13.2 Å². The topological polar surface area (TPSA) is 131 Å². The first-order chi connectivity index (χ1) is 9.40. The van der Waals surface area contributed by atoms with Crippen LogP contribution in [0.1, 0.15) is 12.5 Å². The van der Waals surface area contributed by atoms with Crippen LogP contribution in [0, 0.1) is 0 Å². The second-order valence-electron chi connectivity index (χ2n) is 3.64. The fourth-order valence-electron chi connectivity index (χ4n) is 1.31. The van der Waals surface area contributed by atoms with Gasteiger partial charge in [-0.1, -0.05) is 5.16 Å². The van der Waals surface area contributed by atoms with Crippen LogP contribution < -0.4 is 10.5 Å². The van der Waals surface area contributed by atoms with Gasteiger partial charge in [-0.3, -0.25) is 4.79 Å². The first-order valence-electron chi connectivity index (χ1n) is 5.64. The lowest BCUT2D eigenvalue weighted by atomic mass is 10.2. The summed E-state index contributed by atoms with van der Waals surface area (Å²) >= 11 is 0. The molecule has 0 aliphatic carbocycles. The number of hydrogen-bond acceptors (Lipinski definition) is 6. The Morgan fingerprint density at radius 1 is 1.40 bits per heavy atom. The van der Waals surface area contributed by atoms with E-state index in [1.807, 2.05) is 0 Å². The molecule has 0 aliphatic heterocycles. The lowest BCUT2D eigenvalue weighted by Gasteiger charge is -2.07. The summed E-state index contributed by atoms with van der Waals surface area (Å²) in [4.78, 5) is 11.0. The average Bonchev–Trinajstić information content (AvgIpc) is 2.45. The fourth-order valence-corrected chi connectivity index (χ4v) is 2.28. The quantitative estimate of drug-likeness (QED) is 0.216. The second kappa shape index (κ2) is 6.87. The first kappa shape index (κ1) is 15.9. The van der Waals surface area contributed by atoms with Crippen molar-refractivity contribution in [2.24, 2.45) is 10.9 Å². The standard InChI is InChI=1S/C11H15N3O5S/c1-2-19-10(15)7-13-20(17,18)9-5-3-8(4-6-9)11(12)14-16/h3-6,13,16H,2,7H2,1H3,(H2,12,14). The highest BCUT2D eigenvalue weighted by Crippen LogP contribution is 2.10. The smallest absolute Gasteiger partial charge is 0.321 e. The zero-order valence-corrected chi connectivity index (χ0v) is 11.6. The van der Waals surface area contributed by atoms with E-state index in [1.54, 1.807) is 6.92 Å². The molecule has 0 heterocycles. The van der Waals surface area contributed by atoms with Crippen LogP contribution in [0.5, 0.6) is 0 Å². The van der Waals surface area contributed by atoms with E-state index in [1.165, 1.54) is 24.3 Å². The second-order valence-corrected chi connectivity index (χ2v) is 5.41. The lowest BCUT2D eigenvalue weighted by Crippen LogP contribution is -2.30. The molecule has 0 saturated carbocycles. The van der Waals surface area contributed by atoms with Crippen LogP contribution in [-0.2, 0) is 19.6 Å². The van der Waals surface area contributed by atoms with Gasteiger partial charge in [0.2, 0.25) is 10.0 Å². The number of hydrogen-bond donors (Lipinski definition) is 3. The highest BCUT2D eigenvalue weighted by atomic mass is 32.2. The minimum Gasteiger partial charge on any atom is -0.465 e. The fraction of sp³-hybridized carbons (Fsp3) is 0.273. The van der Waals surface area contributed by atoms with E-state index in [0.717, 1.165) is 0 Å². The third kappa shape index (κ3) is 4.21. The zero-order chi connectivity index (χ0) is 15.2. The molecule has 0 saturated heterocycles. The number of oxime groups is 1. The molecule has 8 nitrogen and oxygen atoms in total. The van der Waals surface area contributed by atoms with Crippen molar-refractivity contribution in [3.8, 4) is 0 Å². The summed E-state index contributed by atoms with van der Waals surface area (Å²) in [5, 5.41) is 11.3. The van der Waals surface area contributed by atoms with Gasteiger partial charge in [0.15, 0.2) is 5.84 Å². The van der Waals surface area contributed by atoms with E-state index in [2.05, 4.69) is 14.6 Å². The summed E-state index contributed by atoms with van der Waals surface area (Å²) < 4.78 is 30.4. The maximum atomic E-state index is 11.9. The molecule has 20 heavy (non-hydrogen) atoms. The Morgan fingerprint density at radius 3 is 2.50 bits per heavy atom. The van der Waals surface area contributed by atoms with Crippen molar-refractivity contribution in [3.63, 3.8) is 0 Å². The van der Waals surface area contributed by atoms with Crippen LogP contribution in [0.3, 0.4) is 0 Å². The average molecular weight is 301 g/mol. The Hall–Kier alpha value is -2.13. The Balaban J connectivity index is 2.80. The van der Waals surface area contributed by atoms with Crippen LogP contribution in [0.4, 0.5) is 0 Å². The lowest BCUT2D eigenvalue weighted by molar-refractivity contribution is -0.141. The summed E-state index contributed by atoms with van der Waals surface area (Å²) in [5.74, 6) is -0.794. The number of rotatable bonds is 6. The van der Waals surface area contributed by atoms with Crippen LogP contribution in [0.15, 0.2) is 34.3 Å². The van der Waals surface area contributed by atoms with Gasteiger partial charge in [0.25, 0.3) is 0 Å². The molecular formula is C11H15N3O5S. The summed E-state index contributed by atoms with van der Waals surface area (Å²) in [7, 11) is -3.82. The van der Waals surface area contributed by atoms with Gasteiger partial charge in [-0.05, 0) is 31.2 Å². The maximum Gasteiger partial charge on any atom is 0.321 e. The summed E-state index contributed by atoms with van der Waals surface area (Å²) in [6.07, 6.45) is 0. The summed E-state index contributed by atoms with van der Waals surface area (Å²) in [6, 6.07) is 5.32. The van der Waals surface area contributed by atoms with Crippen molar-refractivity contribution < 1.29 is 23.2 Å². The van der Waals surface area contributed by atoms with Crippen LogP contribution in [-0.4, -0.2) is 38.6 Å². The Kier molecular flexibility index (Phi) is 5.47. The van der Waals surface area contributed by atoms with Crippen LogP contribution in [0.25, 0.3) is 0 Å². The number of ether oxygens (including phenoxy) is 1. The van der Waals surface area contributed by atoms with Crippen LogP contribution >= 0.6 is 0 Å². The van der Waals surface area contributed by atoms with Gasteiger partial charge in [-0.15, -0.1) is 0 Å². The van der Waals surface area contributed by atoms with E-state index < -0.39 is 22.5 Å². The zero-order valence-electron chi connectivity index (χ0n) is 10.7. The molecule has 1 aromatic carbocycles. The number of nitrogens with one attached hydrogen (secondary N) is 1. The van der Waals surface area contributed by atoms with Gasteiger partial charge in [0, 0.05) is 5.56 Å². The van der Waals surface area contributed by atoms with Crippen molar-refractivity contribution in [2.45, 2.75) is 11.8 Å². The molecule has 1 rings (SSSR count). The van der Waals surface area contributed by atoms with Gasteiger partial charge in [-0.25, -0.2) is 8.42 Å². The number of benzene rings is 1. The summed E-state index contributed by atoms with van der Waals surface area (Å²) in [6.45, 7) is 1.35.